The van der Waals surface area contributed by atoms with Gasteiger partial charge in [0.2, 0.25) is 10.0 Å². The van der Waals surface area contributed by atoms with Crippen molar-refractivity contribution in [2.75, 3.05) is 6.54 Å². The molecular weight excluding hydrogens is 348 g/mol. The maximum absolute atomic E-state index is 12.5. The van der Waals surface area contributed by atoms with Crippen LogP contribution in [0.5, 0.6) is 0 Å². The standard InChI is InChI=1S/C20H26N2O3S/c1-15-10-11-17(26(24,25)22-20(2,3)4)14-18(15)19(23)21-13-12-16-8-6-5-7-9-16/h5-11,14,22H,12-13H2,1-4H3,(H,21,23). The average Bonchev–Trinajstić information content (AvgIpc) is 2.53. The molecule has 0 saturated heterocycles. The summed E-state index contributed by atoms with van der Waals surface area (Å²) in [5.41, 5.74) is 1.64. The Hall–Kier alpha value is -2.18. The lowest BCUT2D eigenvalue weighted by Crippen LogP contribution is -2.40. The lowest BCUT2D eigenvalue weighted by atomic mass is 10.1. The molecule has 1 amide bonds. The zero-order valence-corrected chi connectivity index (χ0v) is 16.5. The van der Waals surface area contributed by atoms with Gasteiger partial charge >= 0.3 is 0 Å². The molecule has 0 fully saturated rings. The minimum atomic E-state index is -3.68. The summed E-state index contributed by atoms with van der Waals surface area (Å²) < 4.78 is 27.6. The van der Waals surface area contributed by atoms with E-state index in [4.69, 9.17) is 0 Å². The molecular formula is C20H26N2O3S. The van der Waals surface area contributed by atoms with E-state index in [2.05, 4.69) is 10.0 Å². The third kappa shape index (κ3) is 5.68. The molecule has 140 valence electrons. The Morgan fingerprint density at radius 1 is 1.04 bits per heavy atom. The molecule has 0 aliphatic rings. The fourth-order valence-corrected chi connectivity index (χ4v) is 3.98. The van der Waals surface area contributed by atoms with Crippen LogP contribution in [-0.2, 0) is 16.4 Å². The summed E-state index contributed by atoms with van der Waals surface area (Å²) >= 11 is 0. The second-order valence-corrected chi connectivity index (χ2v) is 9.01. The Labute approximate surface area is 155 Å². The summed E-state index contributed by atoms with van der Waals surface area (Å²) in [5, 5.41) is 2.86. The molecule has 2 rings (SSSR count). The lowest BCUT2D eigenvalue weighted by Gasteiger charge is -2.20. The maximum Gasteiger partial charge on any atom is 0.251 e. The normalized spacial score (nSPS) is 12.0. The number of hydrogen-bond acceptors (Lipinski definition) is 3. The molecule has 0 radical (unpaired) electrons. The number of carbonyl (C=O) groups is 1. The molecule has 0 unspecified atom stereocenters. The summed E-state index contributed by atoms with van der Waals surface area (Å²) in [6, 6.07) is 14.5. The maximum atomic E-state index is 12.5. The minimum absolute atomic E-state index is 0.0891. The number of rotatable bonds is 6. The number of amides is 1. The van der Waals surface area contributed by atoms with Crippen molar-refractivity contribution in [3.8, 4) is 0 Å². The lowest BCUT2D eigenvalue weighted by molar-refractivity contribution is 0.0953. The van der Waals surface area contributed by atoms with Gasteiger partial charge < -0.3 is 5.32 Å². The van der Waals surface area contributed by atoms with Gasteiger partial charge in [0.1, 0.15) is 0 Å². The Balaban J connectivity index is 2.12. The van der Waals surface area contributed by atoms with Gasteiger partial charge in [0, 0.05) is 17.6 Å². The van der Waals surface area contributed by atoms with Crippen LogP contribution in [0.1, 0.15) is 42.3 Å². The average molecular weight is 375 g/mol. The van der Waals surface area contributed by atoms with Gasteiger partial charge in [-0.05, 0) is 57.4 Å². The van der Waals surface area contributed by atoms with Crippen molar-refractivity contribution in [1.82, 2.24) is 10.0 Å². The molecule has 0 spiro atoms. The van der Waals surface area contributed by atoms with E-state index in [0.29, 0.717) is 12.1 Å². The highest BCUT2D eigenvalue weighted by molar-refractivity contribution is 7.89. The van der Waals surface area contributed by atoms with E-state index in [1.54, 1.807) is 33.8 Å². The molecule has 0 atom stereocenters. The largest absolute Gasteiger partial charge is 0.352 e. The van der Waals surface area contributed by atoms with E-state index in [1.165, 1.54) is 12.1 Å². The monoisotopic (exact) mass is 374 g/mol. The molecule has 0 aromatic heterocycles. The number of sulfonamides is 1. The predicted octanol–water partition coefficient (Wildman–Crippen LogP) is 3.04. The van der Waals surface area contributed by atoms with Crippen LogP contribution in [0.15, 0.2) is 53.4 Å². The van der Waals surface area contributed by atoms with Gasteiger partial charge in [0.05, 0.1) is 4.90 Å². The van der Waals surface area contributed by atoms with Crippen LogP contribution < -0.4 is 10.0 Å². The second kappa shape index (κ2) is 8.01. The van der Waals surface area contributed by atoms with Crippen molar-refractivity contribution in [3.63, 3.8) is 0 Å². The summed E-state index contributed by atoms with van der Waals surface area (Å²) in [5.74, 6) is -0.272. The van der Waals surface area contributed by atoms with Gasteiger partial charge in [0.15, 0.2) is 0 Å². The van der Waals surface area contributed by atoms with E-state index in [9.17, 15) is 13.2 Å². The quantitative estimate of drug-likeness (QED) is 0.816. The van der Waals surface area contributed by atoms with Crippen molar-refractivity contribution in [2.24, 2.45) is 0 Å². The number of nitrogens with one attached hydrogen (secondary N) is 2. The van der Waals surface area contributed by atoms with Gasteiger partial charge in [0.25, 0.3) is 5.91 Å². The summed E-state index contributed by atoms with van der Waals surface area (Å²) in [6.45, 7) is 7.60. The van der Waals surface area contributed by atoms with Crippen LogP contribution in [0.2, 0.25) is 0 Å². The van der Waals surface area contributed by atoms with E-state index in [1.807, 2.05) is 30.3 Å². The number of carbonyl (C=O) groups excluding carboxylic acids is 1. The summed E-state index contributed by atoms with van der Waals surface area (Å²) in [6.07, 6.45) is 0.717. The molecule has 0 saturated carbocycles. The molecule has 5 nitrogen and oxygen atoms in total. The van der Waals surface area contributed by atoms with Crippen LogP contribution in [0.4, 0.5) is 0 Å². The number of aryl methyl sites for hydroxylation is 1. The van der Waals surface area contributed by atoms with Crippen molar-refractivity contribution >= 4 is 15.9 Å². The van der Waals surface area contributed by atoms with E-state index in [-0.39, 0.29) is 10.8 Å². The van der Waals surface area contributed by atoms with Gasteiger partial charge in [-0.15, -0.1) is 0 Å². The Morgan fingerprint density at radius 2 is 1.69 bits per heavy atom. The molecule has 2 N–H and O–H groups in total. The highest BCUT2D eigenvalue weighted by atomic mass is 32.2. The predicted molar refractivity (Wildman–Crippen MR) is 104 cm³/mol. The highest BCUT2D eigenvalue weighted by Gasteiger charge is 2.23. The summed E-state index contributed by atoms with van der Waals surface area (Å²) in [4.78, 5) is 12.6. The highest BCUT2D eigenvalue weighted by Crippen LogP contribution is 2.17. The molecule has 0 bridgehead atoms. The third-order valence-electron chi connectivity index (χ3n) is 3.75. The Morgan fingerprint density at radius 3 is 2.31 bits per heavy atom. The van der Waals surface area contributed by atoms with Crippen molar-refractivity contribution in [2.45, 2.75) is 44.6 Å². The van der Waals surface area contributed by atoms with E-state index in [0.717, 1.165) is 17.5 Å². The molecule has 26 heavy (non-hydrogen) atoms. The van der Waals surface area contributed by atoms with Gasteiger partial charge in [-0.2, -0.15) is 0 Å². The van der Waals surface area contributed by atoms with E-state index >= 15 is 0 Å². The third-order valence-corrected chi connectivity index (χ3v) is 5.50. The first-order valence-corrected chi connectivity index (χ1v) is 10.0. The first-order chi connectivity index (χ1) is 12.1. The molecule has 2 aromatic rings. The topological polar surface area (TPSA) is 75.3 Å². The zero-order valence-electron chi connectivity index (χ0n) is 15.7. The molecule has 0 aliphatic heterocycles. The first-order valence-electron chi connectivity index (χ1n) is 8.55. The van der Waals surface area contributed by atoms with Crippen molar-refractivity contribution in [3.05, 3.63) is 65.2 Å². The van der Waals surface area contributed by atoms with Gasteiger partial charge in [-0.1, -0.05) is 36.4 Å². The van der Waals surface area contributed by atoms with Crippen LogP contribution in [0.3, 0.4) is 0 Å². The molecule has 2 aromatic carbocycles. The minimum Gasteiger partial charge on any atom is -0.352 e. The van der Waals surface area contributed by atoms with Gasteiger partial charge in [-0.3, -0.25) is 4.79 Å². The van der Waals surface area contributed by atoms with Crippen LogP contribution in [0, 0.1) is 6.92 Å². The Bertz CT molecular complexity index is 870. The number of hydrogen-bond donors (Lipinski definition) is 2. The van der Waals surface area contributed by atoms with Crippen LogP contribution in [-0.4, -0.2) is 26.4 Å². The fourth-order valence-electron chi connectivity index (χ4n) is 2.54. The van der Waals surface area contributed by atoms with Gasteiger partial charge in [-0.25, -0.2) is 13.1 Å². The van der Waals surface area contributed by atoms with Crippen molar-refractivity contribution in [1.29, 1.82) is 0 Å². The van der Waals surface area contributed by atoms with Crippen LogP contribution in [0.25, 0.3) is 0 Å². The molecule has 0 aliphatic carbocycles. The first kappa shape index (κ1) is 20.1. The van der Waals surface area contributed by atoms with E-state index < -0.39 is 15.6 Å². The van der Waals surface area contributed by atoms with Crippen LogP contribution >= 0.6 is 0 Å². The number of benzene rings is 2. The second-order valence-electron chi connectivity index (χ2n) is 7.32. The Kier molecular flexibility index (Phi) is 6.21. The SMILES string of the molecule is Cc1ccc(S(=O)(=O)NC(C)(C)C)cc1C(=O)NCCc1ccccc1. The fraction of sp³-hybridized carbons (Fsp3) is 0.350. The molecule has 6 heteroatoms. The smallest absolute Gasteiger partial charge is 0.251 e. The zero-order chi connectivity index (χ0) is 19.4. The summed E-state index contributed by atoms with van der Waals surface area (Å²) in [7, 11) is -3.68. The molecule has 0 heterocycles. The van der Waals surface area contributed by atoms with Crippen molar-refractivity contribution < 1.29 is 13.2 Å².